The molecule has 154 valence electrons. The first-order valence-corrected chi connectivity index (χ1v) is 9.13. The third-order valence-electron chi connectivity index (χ3n) is 4.74. The van der Waals surface area contributed by atoms with Gasteiger partial charge < -0.3 is 5.11 Å². The van der Waals surface area contributed by atoms with Crippen LogP contribution in [0.1, 0.15) is 11.1 Å². The van der Waals surface area contributed by atoms with E-state index in [1.807, 2.05) is 0 Å². The topological polar surface area (TPSA) is 76.2 Å². The first kappa shape index (κ1) is 20.1. The largest absolute Gasteiger partial charge is 0.378 e. The van der Waals surface area contributed by atoms with Crippen LogP contribution >= 0.6 is 0 Å². The van der Waals surface area contributed by atoms with Gasteiger partial charge in [0.1, 0.15) is 29.9 Å². The summed E-state index contributed by atoms with van der Waals surface area (Å²) in [6, 6.07) is 9.88. The van der Waals surface area contributed by atoms with Gasteiger partial charge in [0.15, 0.2) is 0 Å². The van der Waals surface area contributed by atoms with Gasteiger partial charge in [-0.05, 0) is 35.4 Å². The smallest absolute Gasteiger partial charge is 0.137 e. The predicted molar refractivity (Wildman–Crippen MR) is 116 cm³/mol. The fraction of sp³-hybridized carbons (Fsp3) is 0.0909. The normalized spacial score (nSPS) is 16.1. The summed E-state index contributed by atoms with van der Waals surface area (Å²) in [5.74, 6) is 3.53. The molecule has 2 aromatic rings. The summed E-state index contributed by atoms with van der Waals surface area (Å²) in [6.45, 7) is 3.80. The fourth-order valence-electron chi connectivity index (χ4n) is 3.17. The molecular weight excluding hydrogens is 402 g/mol. The van der Waals surface area contributed by atoms with Crippen LogP contribution in [0.15, 0.2) is 81.6 Å². The Balaban J connectivity index is 1.71. The number of halogens is 2. The average molecular weight is 418 g/mol. The molecule has 9 heteroatoms. The van der Waals surface area contributed by atoms with Crippen molar-refractivity contribution in [3.05, 3.63) is 84.2 Å². The third kappa shape index (κ3) is 4.10. The van der Waals surface area contributed by atoms with Gasteiger partial charge >= 0.3 is 0 Å². The Labute approximate surface area is 176 Å². The van der Waals surface area contributed by atoms with Gasteiger partial charge in [-0.1, -0.05) is 18.7 Å². The Morgan fingerprint density at radius 2 is 1.71 bits per heavy atom. The molecule has 0 saturated carbocycles. The lowest BCUT2D eigenvalue weighted by Crippen LogP contribution is -2.40. The van der Waals surface area contributed by atoms with Crippen molar-refractivity contribution in [2.24, 2.45) is 20.2 Å². The zero-order chi connectivity index (χ0) is 21.8. The summed E-state index contributed by atoms with van der Waals surface area (Å²) in [6.07, 6.45) is 5.67. The number of hydrazone groups is 2. The highest BCUT2D eigenvalue weighted by Gasteiger charge is 2.38. The third-order valence-corrected chi connectivity index (χ3v) is 4.74. The SMILES string of the molecule is C=C(c1ccc(N2C=NC=C=N2)cc1)C(O)(CN1C=NC=C=N1)c1ccc(F)cc1F. The molecule has 0 radical (unpaired) electrons. The van der Waals surface area contributed by atoms with Crippen LogP contribution in [-0.2, 0) is 5.60 Å². The van der Waals surface area contributed by atoms with Gasteiger partial charge in [-0.2, -0.15) is 0 Å². The molecule has 2 aliphatic rings. The molecule has 0 bridgehead atoms. The zero-order valence-corrected chi connectivity index (χ0v) is 16.2. The van der Waals surface area contributed by atoms with Crippen LogP contribution in [0.4, 0.5) is 14.5 Å². The monoisotopic (exact) mass is 418 g/mol. The Morgan fingerprint density at radius 3 is 2.32 bits per heavy atom. The highest BCUT2D eigenvalue weighted by molar-refractivity contribution is 5.84. The molecule has 0 aliphatic carbocycles. The quantitative estimate of drug-likeness (QED) is 0.783. The van der Waals surface area contributed by atoms with Gasteiger partial charge in [0, 0.05) is 23.4 Å². The maximum Gasteiger partial charge on any atom is 0.137 e. The number of anilines is 1. The van der Waals surface area contributed by atoms with E-state index in [0.717, 1.165) is 6.07 Å². The van der Waals surface area contributed by atoms with Crippen molar-refractivity contribution < 1.29 is 13.9 Å². The number of aliphatic imine (C=N–C) groups is 2. The molecule has 1 unspecified atom stereocenters. The second kappa shape index (κ2) is 8.30. The zero-order valence-electron chi connectivity index (χ0n) is 16.2. The first-order valence-electron chi connectivity index (χ1n) is 9.13. The summed E-state index contributed by atoms with van der Waals surface area (Å²) >= 11 is 0. The van der Waals surface area contributed by atoms with Crippen molar-refractivity contribution in [3.8, 4) is 0 Å². The minimum Gasteiger partial charge on any atom is -0.378 e. The Hall–Kier alpha value is -4.16. The van der Waals surface area contributed by atoms with E-state index in [1.54, 1.807) is 24.3 Å². The minimum atomic E-state index is -1.94. The van der Waals surface area contributed by atoms with Crippen LogP contribution in [0, 0.1) is 11.6 Å². The summed E-state index contributed by atoms with van der Waals surface area (Å²) in [5, 5.41) is 22.5. The fourth-order valence-corrected chi connectivity index (χ4v) is 3.17. The van der Waals surface area contributed by atoms with Crippen LogP contribution in [0.25, 0.3) is 5.57 Å². The predicted octanol–water partition coefficient (Wildman–Crippen LogP) is 3.25. The van der Waals surface area contributed by atoms with Gasteiger partial charge in [-0.25, -0.2) is 28.8 Å². The van der Waals surface area contributed by atoms with Crippen molar-refractivity contribution in [2.75, 3.05) is 11.6 Å². The van der Waals surface area contributed by atoms with E-state index in [4.69, 9.17) is 0 Å². The molecule has 7 nitrogen and oxygen atoms in total. The first-order chi connectivity index (χ1) is 15.0. The minimum absolute atomic E-state index is 0.140. The second-order valence-electron chi connectivity index (χ2n) is 6.70. The molecule has 0 saturated heterocycles. The van der Waals surface area contributed by atoms with E-state index < -0.39 is 17.2 Å². The summed E-state index contributed by atoms with van der Waals surface area (Å²) < 4.78 is 28.2. The summed E-state index contributed by atoms with van der Waals surface area (Å²) in [7, 11) is 0. The highest BCUT2D eigenvalue weighted by atomic mass is 19.1. The lowest BCUT2D eigenvalue weighted by atomic mass is 9.82. The van der Waals surface area contributed by atoms with E-state index in [0.29, 0.717) is 17.3 Å². The summed E-state index contributed by atoms with van der Waals surface area (Å²) in [5.41, 5.74) is -0.647. The van der Waals surface area contributed by atoms with Crippen molar-refractivity contribution in [1.82, 2.24) is 5.01 Å². The molecular formula is C22H16F2N6O. The second-order valence-corrected chi connectivity index (χ2v) is 6.70. The van der Waals surface area contributed by atoms with E-state index in [1.165, 1.54) is 41.2 Å². The molecule has 0 spiro atoms. The maximum absolute atomic E-state index is 14.7. The number of hydrogen-bond donors (Lipinski definition) is 1. The molecule has 0 fully saturated rings. The van der Waals surface area contributed by atoms with Crippen LogP contribution in [0.3, 0.4) is 0 Å². The number of hydrogen-bond acceptors (Lipinski definition) is 7. The Morgan fingerprint density at radius 1 is 1.00 bits per heavy atom. The lowest BCUT2D eigenvalue weighted by molar-refractivity contribution is 0.0725. The number of β-amino-alcohol motifs (C(OH)–C–C–N with tert-alkyl or cyclic N) is 1. The van der Waals surface area contributed by atoms with Gasteiger partial charge in [0.25, 0.3) is 0 Å². The lowest BCUT2D eigenvalue weighted by Gasteiger charge is -2.34. The molecule has 0 amide bonds. The molecule has 2 aliphatic heterocycles. The van der Waals surface area contributed by atoms with Crippen molar-refractivity contribution >= 4 is 35.7 Å². The van der Waals surface area contributed by atoms with E-state index in [9.17, 15) is 13.9 Å². The van der Waals surface area contributed by atoms with Gasteiger partial charge in [0.2, 0.25) is 0 Å². The van der Waals surface area contributed by atoms with Crippen molar-refractivity contribution in [2.45, 2.75) is 5.60 Å². The standard InChI is InChI=1S/C22H16F2N6O/c1-16(17-2-5-19(6-3-17)30-15-26-9-11-28-30)22(31,13-29-14-25-8-10-27-29)20-7-4-18(23)12-21(20)24/h2-9,12,14-15,31H,1,13H2. The Bertz CT molecular complexity index is 1210. The highest BCUT2D eigenvalue weighted by Crippen LogP contribution is 2.38. The maximum atomic E-state index is 14.7. The van der Waals surface area contributed by atoms with E-state index in [2.05, 4.69) is 38.5 Å². The van der Waals surface area contributed by atoms with Gasteiger partial charge in [-0.3, -0.25) is 0 Å². The van der Waals surface area contributed by atoms with Crippen LogP contribution in [0.2, 0.25) is 0 Å². The molecule has 4 rings (SSSR count). The molecule has 31 heavy (non-hydrogen) atoms. The number of rotatable bonds is 6. The number of benzene rings is 2. The molecule has 2 aromatic carbocycles. The molecule has 1 N–H and O–H groups in total. The van der Waals surface area contributed by atoms with Crippen molar-refractivity contribution in [1.29, 1.82) is 0 Å². The average Bonchev–Trinajstić information content (AvgIpc) is 2.80. The van der Waals surface area contributed by atoms with E-state index in [-0.39, 0.29) is 17.7 Å². The number of nitrogens with zero attached hydrogens (tertiary/aromatic N) is 6. The van der Waals surface area contributed by atoms with Crippen LogP contribution < -0.4 is 5.01 Å². The van der Waals surface area contributed by atoms with Gasteiger partial charge in [0.05, 0.1) is 24.6 Å². The van der Waals surface area contributed by atoms with Crippen molar-refractivity contribution in [3.63, 3.8) is 0 Å². The Kier molecular flexibility index (Phi) is 5.39. The van der Waals surface area contributed by atoms with Gasteiger partial charge in [-0.15, -0.1) is 10.2 Å². The molecule has 1 atom stereocenters. The summed E-state index contributed by atoms with van der Waals surface area (Å²) in [4.78, 5) is 7.87. The molecule has 0 aromatic heterocycles. The van der Waals surface area contributed by atoms with Crippen LogP contribution in [0.5, 0.6) is 0 Å². The number of aliphatic hydroxyl groups is 1. The van der Waals surface area contributed by atoms with E-state index >= 15 is 0 Å². The van der Waals surface area contributed by atoms with Crippen LogP contribution in [-0.4, -0.2) is 41.1 Å². The molecule has 2 heterocycles.